The monoisotopic (exact) mass is 394 g/mol. The Morgan fingerprint density at radius 2 is 2.07 bits per heavy atom. The van der Waals surface area contributed by atoms with Crippen LogP contribution in [0.1, 0.15) is 54.8 Å². The van der Waals surface area contributed by atoms with E-state index in [0.29, 0.717) is 18.5 Å². The number of hydrogen-bond donors (Lipinski definition) is 2. The quantitative estimate of drug-likeness (QED) is 0.685. The zero-order chi connectivity index (χ0) is 19.7. The molecule has 0 radical (unpaired) electrons. The van der Waals surface area contributed by atoms with Gasteiger partial charge in [-0.15, -0.1) is 11.3 Å². The lowest BCUT2D eigenvalue weighted by atomic mass is 9.98. The average Bonchev–Trinajstić information content (AvgIpc) is 3.29. The molecule has 1 amide bonds. The fraction of sp³-hybridized carbons (Fsp3) is 0.391. The molecule has 2 N–H and O–H groups in total. The SMILES string of the molecule is Cc1cccc(C(C)C)c1NC(=O)C[NH+]1CCC[C@H]1c1nc2ccccc2s1. The highest BCUT2D eigenvalue weighted by molar-refractivity contribution is 7.18. The molecule has 0 saturated carbocycles. The summed E-state index contributed by atoms with van der Waals surface area (Å²) in [5.41, 5.74) is 4.38. The predicted octanol–water partition coefficient (Wildman–Crippen LogP) is 4.09. The lowest BCUT2D eigenvalue weighted by Gasteiger charge is -2.21. The number of aromatic nitrogens is 1. The smallest absolute Gasteiger partial charge is 0.279 e. The number of quaternary nitrogens is 1. The normalized spacial score (nSPS) is 19.4. The van der Waals surface area contributed by atoms with Crippen LogP contribution in [0.15, 0.2) is 42.5 Å². The Morgan fingerprint density at radius 3 is 2.86 bits per heavy atom. The van der Waals surface area contributed by atoms with E-state index < -0.39 is 0 Å². The van der Waals surface area contributed by atoms with Crippen LogP contribution < -0.4 is 10.2 Å². The van der Waals surface area contributed by atoms with Crippen molar-refractivity contribution in [3.8, 4) is 0 Å². The Kier molecular flexibility index (Phi) is 5.47. The van der Waals surface area contributed by atoms with Gasteiger partial charge in [-0.3, -0.25) is 4.79 Å². The number of fused-ring (bicyclic) bond motifs is 1. The van der Waals surface area contributed by atoms with Crippen LogP contribution >= 0.6 is 11.3 Å². The van der Waals surface area contributed by atoms with Gasteiger partial charge in [-0.2, -0.15) is 0 Å². The lowest BCUT2D eigenvalue weighted by molar-refractivity contribution is -0.910. The molecule has 2 atom stereocenters. The van der Waals surface area contributed by atoms with Crippen molar-refractivity contribution in [1.29, 1.82) is 0 Å². The molecule has 0 spiro atoms. The molecule has 28 heavy (non-hydrogen) atoms. The summed E-state index contributed by atoms with van der Waals surface area (Å²) in [5.74, 6) is 0.476. The summed E-state index contributed by atoms with van der Waals surface area (Å²) in [6.07, 6.45) is 2.24. The maximum atomic E-state index is 12.9. The Bertz CT molecular complexity index is 961. The Balaban J connectivity index is 1.50. The number of aryl methyl sites for hydroxylation is 1. The number of nitrogens with one attached hydrogen (secondary N) is 2. The molecule has 1 unspecified atom stereocenters. The highest BCUT2D eigenvalue weighted by atomic mass is 32.1. The predicted molar refractivity (Wildman–Crippen MR) is 116 cm³/mol. The maximum Gasteiger partial charge on any atom is 0.279 e. The van der Waals surface area contributed by atoms with E-state index in [0.717, 1.165) is 36.2 Å². The van der Waals surface area contributed by atoms with E-state index in [9.17, 15) is 4.79 Å². The number of nitrogens with zero attached hydrogens (tertiary/aromatic N) is 1. The Labute approximate surface area is 170 Å². The summed E-state index contributed by atoms with van der Waals surface area (Å²) >= 11 is 1.77. The number of anilines is 1. The fourth-order valence-electron chi connectivity index (χ4n) is 4.19. The van der Waals surface area contributed by atoms with Gasteiger partial charge in [-0.1, -0.05) is 44.2 Å². The van der Waals surface area contributed by atoms with Gasteiger partial charge in [-0.05, 0) is 36.1 Å². The Morgan fingerprint density at radius 1 is 1.25 bits per heavy atom. The third-order valence-corrected chi connectivity index (χ3v) is 6.82. The van der Waals surface area contributed by atoms with Gasteiger partial charge in [-0.25, -0.2) is 4.98 Å². The van der Waals surface area contributed by atoms with Crippen LogP contribution in [-0.4, -0.2) is 24.0 Å². The van der Waals surface area contributed by atoms with E-state index in [-0.39, 0.29) is 5.91 Å². The minimum Gasteiger partial charge on any atom is -0.321 e. The van der Waals surface area contributed by atoms with E-state index >= 15 is 0 Å². The second-order valence-electron chi connectivity index (χ2n) is 8.04. The van der Waals surface area contributed by atoms with Crippen molar-refractivity contribution < 1.29 is 9.69 Å². The van der Waals surface area contributed by atoms with Gasteiger partial charge in [0.1, 0.15) is 6.04 Å². The summed E-state index contributed by atoms with van der Waals surface area (Å²) in [5, 5.41) is 4.38. The molecular weight excluding hydrogens is 366 g/mol. The summed E-state index contributed by atoms with van der Waals surface area (Å²) in [4.78, 5) is 19.1. The third-order valence-electron chi connectivity index (χ3n) is 5.67. The first kappa shape index (κ1) is 19.1. The van der Waals surface area contributed by atoms with Crippen molar-refractivity contribution in [3.05, 3.63) is 58.6 Å². The summed E-state index contributed by atoms with van der Waals surface area (Å²) in [6.45, 7) is 7.91. The first-order valence-electron chi connectivity index (χ1n) is 10.1. The summed E-state index contributed by atoms with van der Waals surface area (Å²) in [7, 11) is 0. The van der Waals surface area contributed by atoms with Crippen LogP contribution in [0, 0.1) is 6.92 Å². The van der Waals surface area contributed by atoms with Crippen LogP contribution in [0.25, 0.3) is 10.2 Å². The third kappa shape index (κ3) is 3.82. The number of carbonyl (C=O) groups is 1. The second-order valence-corrected chi connectivity index (χ2v) is 9.10. The highest BCUT2D eigenvalue weighted by Crippen LogP contribution is 2.29. The van der Waals surface area contributed by atoms with Crippen LogP contribution in [0.4, 0.5) is 5.69 Å². The molecule has 1 aliphatic heterocycles. The Hall–Kier alpha value is -2.24. The molecule has 1 aromatic heterocycles. The first-order chi connectivity index (χ1) is 13.5. The number of benzene rings is 2. The first-order valence-corrected chi connectivity index (χ1v) is 10.9. The molecule has 1 fully saturated rings. The van der Waals surface area contributed by atoms with Gasteiger partial charge >= 0.3 is 0 Å². The van der Waals surface area contributed by atoms with Gasteiger partial charge in [0.25, 0.3) is 5.91 Å². The van der Waals surface area contributed by atoms with E-state index in [1.165, 1.54) is 20.2 Å². The molecule has 3 aromatic rings. The number of thiazole rings is 1. The summed E-state index contributed by atoms with van der Waals surface area (Å²) in [6, 6.07) is 14.9. The molecule has 2 heterocycles. The van der Waals surface area contributed by atoms with Crippen molar-refractivity contribution in [2.45, 2.75) is 45.6 Å². The standard InChI is InChI=1S/C23H27N3OS/c1-15(2)17-9-6-8-16(3)22(17)25-21(27)14-26-13-7-11-19(26)23-24-18-10-4-5-12-20(18)28-23/h4-6,8-10,12,15,19H,7,11,13-14H2,1-3H3,(H,25,27)/p+1/t19-/m0/s1. The van der Waals surface area contributed by atoms with Gasteiger partial charge < -0.3 is 10.2 Å². The van der Waals surface area contributed by atoms with Crippen molar-refractivity contribution >= 4 is 33.1 Å². The van der Waals surface area contributed by atoms with Crippen LogP contribution in [0.3, 0.4) is 0 Å². The number of likely N-dealkylation sites (tertiary alicyclic amines) is 1. The van der Waals surface area contributed by atoms with Crippen LogP contribution in [0.2, 0.25) is 0 Å². The van der Waals surface area contributed by atoms with E-state index in [2.05, 4.69) is 62.5 Å². The summed E-state index contributed by atoms with van der Waals surface area (Å²) < 4.78 is 1.23. The van der Waals surface area contributed by atoms with Gasteiger partial charge in [0.2, 0.25) is 0 Å². The van der Waals surface area contributed by atoms with E-state index in [1.807, 2.05) is 6.07 Å². The molecule has 4 rings (SSSR count). The van der Waals surface area contributed by atoms with E-state index in [4.69, 9.17) is 4.98 Å². The number of para-hydroxylation sites is 2. The van der Waals surface area contributed by atoms with Crippen LogP contribution in [0.5, 0.6) is 0 Å². The highest BCUT2D eigenvalue weighted by Gasteiger charge is 2.34. The molecule has 1 aliphatic rings. The average molecular weight is 395 g/mol. The number of rotatable bonds is 5. The van der Waals surface area contributed by atoms with Gasteiger partial charge in [0.15, 0.2) is 11.6 Å². The number of hydrogen-bond acceptors (Lipinski definition) is 3. The van der Waals surface area contributed by atoms with Crippen LogP contribution in [-0.2, 0) is 4.79 Å². The lowest BCUT2D eigenvalue weighted by Crippen LogP contribution is -3.11. The molecule has 0 bridgehead atoms. The molecule has 146 valence electrons. The molecule has 2 aromatic carbocycles. The van der Waals surface area contributed by atoms with Gasteiger partial charge in [0.05, 0.1) is 16.8 Å². The molecule has 5 heteroatoms. The fourth-order valence-corrected chi connectivity index (χ4v) is 5.35. The second kappa shape index (κ2) is 8.02. The number of carbonyl (C=O) groups excluding carboxylic acids is 1. The topological polar surface area (TPSA) is 46.4 Å². The zero-order valence-corrected chi connectivity index (χ0v) is 17.6. The van der Waals surface area contributed by atoms with Crippen molar-refractivity contribution in [2.24, 2.45) is 0 Å². The minimum absolute atomic E-state index is 0.0965. The van der Waals surface area contributed by atoms with Crippen molar-refractivity contribution in [2.75, 3.05) is 18.4 Å². The largest absolute Gasteiger partial charge is 0.321 e. The van der Waals surface area contributed by atoms with Gasteiger partial charge in [0, 0.05) is 18.5 Å². The molecule has 0 aliphatic carbocycles. The maximum absolute atomic E-state index is 12.9. The van der Waals surface area contributed by atoms with E-state index in [1.54, 1.807) is 11.3 Å². The molecular formula is C23H28N3OS+. The molecule has 1 saturated heterocycles. The minimum atomic E-state index is 0.0965. The zero-order valence-electron chi connectivity index (χ0n) is 16.8. The number of amides is 1. The van der Waals surface area contributed by atoms with Crippen molar-refractivity contribution in [1.82, 2.24) is 4.98 Å². The molecule has 4 nitrogen and oxygen atoms in total. The van der Waals surface area contributed by atoms with Crippen molar-refractivity contribution in [3.63, 3.8) is 0 Å².